The van der Waals surface area contributed by atoms with E-state index in [0.29, 0.717) is 32.8 Å². The Morgan fingerprint density at radius 2 is 2.05 bits per heavy atom. The standard InChI is InChI=1S/C15H10Cl2N2O2/c16-12-2-1-10(6-13(12)17)21-8-9-5-15(20)11-3-4-18-7-14(11)19-9/h1-4,6-7H,5,8H2. The molecule has 0 aliphatic carbocycles. The van der Waals surface area contributed by atoms with Crippen molar-refractivity contribution in [1.29, 1.82) is 0 Å². The van der Waals surface area contributed by atoms with Gasteiger partial charge >= 0.3 is 0 Å². The molecule has 0 amide bonds. The van der Waals surface area contributed by atoms with E-state index in [1.54, 1.807) is 36.7 Å². The molecule has 2 heterocycles. The maximum Gasteiger partial charge on any atom is 0.170 e. The minimum Gasteiger partial charge on any atom is -0.488 e. The first-order valence-electron chi connectivity index (χ1n) is 6.25. The van der Waals surface area contributed by atoms with Gasteiger partial charge in [0.15, 0.2) is 5.78 Å². The van der Waals surface area contributed by atoms with Gasteiger partial charge < -0.3 is 4.74 Å². The number of benzene rings is 1. The molecule has 4 nitrogen and oxygen atoms in total. The number of aromatic nitrogens is 1. The summed E-state index contributed by atoms with van der Waals surface area (Å²) in [6.45, 7) is 0.220. The number of carbonyl (C=O) groups excluding carboxylic acids is 1. The summed E-state index contributed by atoms with van der Waals surface area (Å²) in [4.78, 5) is 20.4. The van der Waals surface area contributed by atoms with Crippen molar-refractivity contribution in [2.24, 2.45) is 4.99 Å². The first kappa shape index (κ1) is 14.0. The van der Waals surface area contributed by atoms with E-state index in [4.69, 9.17) is 27.9 Å². The predicted octanol–water partition coefficient (Wildman–Crippen LogP) is 4.13. The number of rotatable bonds is 3. The van der Waals surface area contributed by atoms with Crippen LogP contribution in [0.4, 0.5) is 5.69 Å². The summed E-state index contributed by atoms with van der Waals surface area (Å²) in [6, 6.07) is 6.68. The highest BCUT2D eigenvalue weighted by Gasteiger charge is 2.20. The summed E-state index contributed by atoms with van der Waals surface area (Å²) in [7, 11) is 0. The molecule has 1 aliphatic rings. The number of ketones is 1. The molecule has 106 valence electrons. The van der Waals surface area contributed by atoms with Gasteiger partial charge in [-0.2, -0.15) is 0 Å². The second kappa shape index (κ2) is 5.84. The number of Topliss-reactive ketones (excluding diaryl/α,β-unsaturated/α-hetero) is 1. The minimum absolute atomic E-state index is 0.0233. The molecule has 3 rings (SSSR count). The number of hydrogen-bond donors (Lipinski definition) is 0. The van der Waals surface area contributed by atoms with Crippen LogP contribution in [0.2, 0.25) is 10.0 Å². The maximum absolute atomic E-state index is 12.0. The summed E-state index contributed by atoms with van der Waals surface area (Å²) < 4.78 is 5.60. The van der Waals surface area contributed by atoms with E-state index in [1.165, 1.54) is 0 Å². The maximum atomic E-state index is 12.0. The third-order valence-corrected chi connectivity index (χ3v) is 3.78. The Labute approximate surface area is 131 Å². The highest BCUT2D eigenvalue weighted by molar-refractivity contribution is 6.42. The van der Waals surface area contributed by atoms with Gasteiger partial charge in [-0.15, -0.1) is 0 Å². The zero-order valence-electron chi connectivity index (χ0n) is 10.8. The fourth-order valence-corrected chi connectivity index (χ4v) is 2.31. The Hall–Kier alpha value is -1.91. The normalized spacial score (nSPS) is 13.6. The molecule has 6 heteroatoms. The van der Waals surface area contributed by atoms with Crippen molar-refractivity contribution in [2.75, 3.05) is 6.61 Å². The lowest BCUT2D eigenvalue weighted by Crippen LogP contribution is -2.19. The van der Waals surface area contributed by atoms with E-state index in [2.05, 4.69) is 9.98 Å². The molecule has 0 unspecified atom stereocenters. The van der Waals surface area contributed by atoms with E-state index in [-0.39, 0.29) is 18.8 Å². The molecule has 0 fully saturated rings. The molecule has 0 radical (unpaired) electrons. The van der Waals surface area contributed by atoms with Gasteiger partial charge in [0, 0.05) is 17.8 Å². The van der Waals surface area contributed by atoms with Gasteiger partial charge in [0.1, 0.15) is 12.4 Å². The van der Waals surface area contributed by atoms with Gasteiger partial charge in [-0.1, -0.05) is 23.2 Å². The monoisotopic (exact) mass is 320 g/mol. The van der Waals surface area contributed by atoms with Crippen molar-refractivity contribution in [3.8, 4) is 5.75 Å². The zero-order chi connectivity index (χ0) is 14.8. The van der Waals surface area contributed by atoms with Gasteiger partial charge in [-0.25, -0.2) is 0 Å². The molecular weight excluding hydrogens is 311 g/mol. The Kier molecular flexibility index (Phi) is 3.90. The SMILES string of the molecule is O=C1CC(COc2ccc(Cl)c(Cl)c2)=Nc2cnccc21. The van der Waals surface area contributed by atoms with Crippen molar-refractivity contribution in [3.63, 3.8) is 0 Å². The highest BCUT2D eigenvalue weighted by atomic mass is 35.5. The number of ether oxygens (including phenoxy) is 1. The Morgan fingerprint density at radius 1 is 1.19 bits per heavy atom. The molecule has 0 saturated heterocycles. The van der Waals surface area contributed by atoms with Crippen LogP contribution in [0.1, 0.15) is 16.8 Å². The summed E-state index contributed by atoms with van der Waals surface area (Å²) in [5.41, 5.74) is 1.84. The molecule has 1 aromatic heterocycles. The number of nitrogens with zero attached hydrogens (tertiary/aromatic N) is 2. The van der Waals surface area contributed by atoms with E-state index in [0.717, 1.165) is 0 Å². The summed E-state index contributed by atoms with van der Waals surface area (Å²) in [5, 5.41) is 0.888. The van der Waals surface area contributed by atoms with Crippen LogP contribution in [0.15, 0.2) is 41.7 Å². The van der Waals surface area contributed by atoms with E-state index in [1.807, 2.05) is 0 Å². The van der Waals surface area contributed by atoms with Crippen LogP contribution in [0.3, 0.4) is 0 Å². The smallest absolute Gasteiger partial charge is 0.170 e. The van der Waals surface area contributed by atoms with E-state index < -0.39 is 0 Å². The van der Waals surface area contributed by atoms with Gasteiger partial charge in [-0.05, 0) is 18.2 Å². The largest absolute Gasteiger partial charge is 0.488 e. The molecule has 1 aromatic carbocycles. The number of carbonyl (C=O) groups is 1. The number of pyridine rings is 1. The fourth-order valence-electron chi connectivity index (χ4n) is 2.02. The average Bonchev–Trinajstić information content (AvgIpc) is 2.49. The second-order valence-corrected chi connectivity index (χ2v) is 5.35. The Morgan fingerprint density at radius 3 is 2.86 bits per heavy atom. The fraction of sp³-hybridized carbons (Fsp3) is 0.133. The van der Waals surface area contributed by atoms with Gasteiger partial charge in [0.25, 0.3) is 0 Å². The first-order valence-corrected chi connectivity index (χ1v) is 7.00. The Bertz CT molecular complexity index is 744. The lowest BCUT2D eigenvalue weighted by molar-refractivity contribution is 0.0998. The van der Waals surface area contributed by atoms with Gasteiger partial charge in [-0.3, -0.25) is 14.8 Å². The minimum atomic E-state index is 0.0233. The van der Waals surface area contributed by atoms with Crippen molar-refractivity contribution >= 4 is 40.4 Å². The van der Waals surface area contributed by atoms with Crippen LogP contribution >= 0.6 is 23.2 Å². The lowest BCUT2D eigenvalue weighted by atomic mass is 10.0. The third kappa shape index (κ3) is 3.06. The van der Waals surface area contributed by atoms with Crippen molar-refractivity contribution in [1.82, 2.24) is 4.98 Å². The number of hydrogen-bond acceptors (Lipinski definition) is 4. The number of aliphatic imine (C=N–C) groups is 1. The molecule has 1 aliphatic heterocycles. The summed E-state index contributed by atoms with van der Waals surface area (Å²) >= 11 is 11.8. The van der Waals surface area contributed by atoms with Crippen LogP contribution < -0.4 is 4.74 Å². The van der Waals surface area contributed by atoms with Crippen molar-refractivity contribution in [3.05, 3.63) is 52.3 Å². The van der Waals surface area contributed by atoms with Gasteiger partial charge in [0.05, 0.1) is 34.1 Å². The van der Waals surface area contributed by atoms with E-state index >= 15 is 0 Å². The molecule has 2 aromatic rings. The third-order valence-electron chi connectivity index (χ3n) is 3.04. The summed E-state index contributed by atoms with van der Waals surface area (Å²) in [5.74, 6) is 0.603. The highest BCUT2D eigenvalue weighted by Crippen LogP contribution is 2.27. The molecule has 0 saturated carbocycles. The average molecular weight is 321 g/mol. The quantitative estimate of drug-likeness (QED) is 0.854. The number of fused-ring (bicyclic) bond motifs is 1. The zero-order valence-corrected chi connectivity index (χ0v) is 12.4. The molecule has 0 bridgehead atoms. The predicted molar refractivity (Wildman–Crippen MR) is 82.2 cm³/mol. The first-order chi connectivity index (χ1) is 10.1. The van der Waals surface area contributed by atoms with E-state index in [9.17, 15) is 4.79 Å². The molecule has 21 heavy (non-hydrogen) atoms. The number of halogens is 2. The Balaban J connectivity index is 1.76. The second-order valence-electron chi connectivity index (χ2n) is 4.54. The van der Waals surface area contributed by atoms with Crippen molar-refractivity contribution < 1.29 is 9.53 Å². The lowest BCUT2D eigenvalue weighted by Gasteiger charge is -2.14. The van der Waals surface area contributed by atoms with Gasteiger partial charge in [0.2, 0.25) is 0 Å². The molecular formula is C15H10Cl2N2O2. The topological polar surface area (TPSA) is 51.5 Å². The summed E-state index contributed by atoms with van der Waals surface area (Å²) in [6.07, 6.45) is 3.41. The van der Waals surface area contributed by atoms with Crippen LogP contribution in [0.25, 0.3) is 0 Å². The van der Waals surface area contributed by atoms with Crippen molar-refractivity contribution in [2.45, 2.75) is 6.42 Å². The van der Waals surface area contributed by atoms with Crippen LogP contribution in [-0.2, 0) is 0 Å². The van der Waals surface area contributed by atoms with Crippen LogP contribution in [0, 0.1) is 0 Å². The van der Waals surface area contributed by atoms with Crippen LogP contribution in [0.5, 0.6) is 5.75 Å². The molecule has 0 N–H and O–H groups in total. The van der Waals surface area contributed by atoms with Crippen LogP contribution in [-0.4, -0.2) is 23.1 Å². The molecule has 0 spiro atoms. The molecule has 0 atom stereocenters.